The van der Waals surface area contributed by atoms with Gasteiger partial charge in [0, 0.05) is 22.6 Å². The third-order valence-electron chi connectivity index (χ3n) is 5.42. The van der Waals surface area contributed by atoms with Crippen LogP contribution in [-0.4, -0.2) is 28.8 Å². The van der Waals surface area contributed by atoms with Crippen LogP contribution in [0.2, 0.25) is 10.0 Å². The maximum Gasteiger partial charge on any atom is 0.242 e. The van der Waals surface area contributed by atoms with Gasteiger partial charge in [0.15, 0.2) is 0 Å². The van der Waals surface area contributed by atoms with Crippen molar-refractivity contribution < 1.29 is 9.59 Å². The normalized spacial score (nSPS) is 15.1. The molecule has 4 nitrogen and oxygen atoms in total. The third kappa shape index (κ3) is 5.97. The van der Waals surface area contributed by atoms with Crippen LogP contribution >= 0.6 is 23.2 Å². The van der Waals surface area contributed by atoms with Crippen LogP contribution in [0.4, 0.5) is 0 Å². The average molecular weight is 433 g/mol. The standard InChI is InChI=1S/C23H26Cl2N2O2/c1-16(23(29)26-20-9-5-6-10-20)27(15-18-11-12-19(24)14-21(18)25)22(28)13-17-7-3-2-4-8-17/h2-4,7-8,11-12,14,16,20H,5-6,9-10,13,15H2,1H3,(H,26,29). The summed E-state index contributed by atoms with van der Waals surface area (Å²) in [5.41, 5.74) is 1.67. The molecule has 1 unspecified atom stereocenters. The zero-order valence-corrected chi connectivity index (χ0v) is 18.0. The lowest BCUT2D eigenvalue weighted by Crippen LogP contribution is -2.50. The summed E-state index contributed by atoms with van der Waals surface area (Å²) in [6, 6.07) is 14.3. The molecule has 2 amide bonds. The van der Waals surface area contributed by atoms with Crippen LogP contribution in [-0.2, 0) is 22.6 Å². The molecule has 0 radical (unpaired) electrons. The molecule has 1 fully saturated rings. The van der Waals surface area contributed by atoms with Crippen LogP contribution in [0.1, 0.15) is 43.7 Å². The first-order valence-electron chi connectivity index (χ1n) is 10.0. The number of nitrogens with one attached hydrogen (secondary N) is 1. The summed E-state index contributed by atoms with van der Waals surface area (Å²) in [4.78, 5) is 27.6. The van der Waals surface area contributed by atoms with Crippen LogP contribution in [0.3, 0.4) is 0 Å². The van der Waals surface area contributed by atoms with Crippen molar-refractivity contribution in [1.29, 1.82) is 0 Å². The quantitative estimate of drug-likeness (QED) is 0.667. The molecule has 1 atom stereocenters. The van der Waals surface area contributed by atoms with E-state index >= 15 is 0 Å². The topological polar surface area (TPSA) is 49.4 Å². The van der Waals surface area contributed by atoms with Gasteiger partial charge in [0.25, 0.3) is 0 Å². The molecule has 2 aromatic carbocycles. The van der Waals surface area contributed by atoms with Gasteiger partial charge in [0.1, 0.15) is 6.04 Å². The summed E-state index contributed by atoms with van der Waals surface area (Å²) in [7, 11) is 0. The van der Waals surface area contributed by atoms with Gasteiger partial charge in [0.2, 0.25) is 11.8 Å². The van der Waals surface area contributed by atoms with Crippen LogP contribution in [0.15, 0.2) is 48.5 Å². The van der Waals surface area contributed by atoms with E-state index < -0.39 is 6.04 Å². The Morgan fingerprint density at radius 2 is 1.79 bits per heavy atom. The minimum absolute atomic E-state index is 0.115. The Morgan fingerprint density at radius 1 is 1.10 bits per heavy atom. The summed E-state index contributed by atoms with van der Waals surface area (Å²) in [6.45, 7) is 2.03. The van der Waals surface area contributed by atoms with Crippen molar-refractivity contribution in [3.63, 3.8) is 0 Å². The number of hydrogen-bond acceptors (Lipinski definition) is 2. The number of amides is 2. The predicted molar refractivity (Wildman–Crippen MR) is 117 cm³/mol. The number of halogens is 2. The Morgan fingerprint density at radius 3 is 2.45 bits per heavy atom. The van der Waals surface area contributed by atoms with Gasteiger partial charge in [-0.1, -0.05) is 72.4 Å². The Balaban J connectivity index is 1.79. The molecule has 154 valence electrons. The molecule has 3 rings (SSSR count). The van der Waals surface area contributed by atoms with E-state index in [1.165, 1.54) is 0 Å². The summed E-state index contributed by atoms with van der Waals surface area (Å²) in [5.74, 6) is -0.236. The van der Waals surface area contributed by atoms with E-state index in [0.717, 1.165) is 36.8 Å². The van der Waals surface area contributed by atoms with Gasteiger partial charge in [0.05, 0.1) is 6.42 Å². The fraction of sp³-hybridized carbons (Fsp3) is 0.391. The first-order valence-corrected chi connectivity index (χ1v) is 10.8. The van der Waals surface area contributed by atoms with Crippen molar-refractivity contribution in [2.45, 2.75) is 57.7 Å². The Bertz CT molecular complexity index is 851. The molecule has 0 saturated heterocycles. The SMILES string of the molecule is CC(C(=O)NC1CCCC1)N(Cc1ccc(Cl)cc1Cl)C(=O)Cc1ccccc1. The Kier molecular flexibility index (Phi) is 7.57. The average Bonchev–Trinajstić information content (AvgIpc) is 3.20. The van der Waals surface area contributed by atoms with Gasteiger partial charge in [-0.2, -0.15) is 0 Å². The van der Waals surface area contributed by atoms with Crippen molar-refractivity contribution in [1.82, 2.24) is 10.2 Å². The molecule has 1 saturated carbocycles. The van der Waals surface area contributed by atoms with E-state index in [0.29, 0.717) is 10.0 Å². The first-order chi connectivity index (χ1) is 13.9. The van der Waals surface area contributed by atoms with Crippen molar-refractivity contribution >= 4 is 35.0 Å². The Labute approximate surface area is 182 Å². The van der Waals surface area contributed by atoms with Crippen molar-refractivity contribution in [3.05, 3.63) is 69.7 Å². The molecule has 1 N–H and O–H groups in total. The smallest absolute Gasteiger partial charge is 0.242 e. The van der Waals surface area contributed by atoms with E-state index in [4.69, 9.17) is 23.2 Å². The molecule has 1 aliphatic carbocycles. The fourth-order valence-corrected chi connectivity index (χ4v) is 4.15. The lowest BCUT2D eigenvalue weighted by Gasteiger charge is -2.30. The number of rotatable bonds is 7. The molecule has 1 aliphatic rings. The van der Waals surface area contributed by atoms with Crippen LogP contribution in [0.5, 0.6) is 0 Å². The van der Waals surface area contributed by atoms with Gasteiger partial charge >= 0.3 is 0 Å². The van der Waals surface area contributed by atoms with Crippen molar-refractivity contribution in [2.24, 2.45) is 0 Å². The lowest BCUT2D eigenvalue weighted by atomic mass is 10.1. The third-order valence-corrected chi connectivity index (χ3v) is 6.01. The maximum atomic E-state index is 13.2. The lowest BCUT2D eigenvalue weighted by molar-refractivity contribution is -0.140. The van der Waals surface area contributed by atoms with E-state index in [1.54, 1.807) is 30.0 Å². The van der Waals surface area contributed by atoms with Gasteiger partial charge in [-0.25, -0.2) is 0 Å². The zero-order chi connectivity index (χ0) is 20.8. The fourth-order valence-electron chi connectivity index (χ4n) is 3.68. The second kappa shape index (κ2) is 10.1. The second-order valence-electron chi connectivity index (χ2n) is 7.59. The second-order valence-corrected chi connectivity index (χ2v) is 8.43. The number of nitrogens with zero attached hydrogens (tertiary/aromatic N) is 1. The molecule has 2 aromatic rings. The largest absolute Gasteiger partial charge is 0.352 e. The molecule has 0 aliphatic heterocycles. The molecule has 6 heteroatoms. The van der Waals surface area contributed by atoms with E-state index in [-0.39, 0.29) is 30.8 Å². The van der Waals surface area contributed by atoms with Gasteiger partial charge in [-0.3, -0.25) is 9.59 Å². The highest BCUT2D eigenvalue weighted by molar-refractivity contribution is 6.35. The summed E-state index contributed by atoms with van der Waals surface area (Å²) >= 11 is 12.3. The van der Waals surface area contributed by atoms with Crippen molar-refractivity contribution in [3.8, 4) is 0 Å². The minimum Gasteiger partial charge on any atom is -0.352 e. The summed E-state index contributed by atoms with van der Waals surface area (Å²) in [5, 5.41) is 4.12. The minimum atomic E-state index is -0.599. The van der Waals surface area contributed by atoms with E-state index in [1.807, 2.05) is 30.3 Å². The highest BCUT2D eigenvalue weighted by Gasteiger charge is 2.28. The highest BCUT2D eigenvalue weighted by Crippen LogP contribution is 2.24. The monoisotopic (exact) mass is 432 g/mol. The van der Waals surface area contributed by atoms with Crippen LogP contribution in [0.25, 0.3) is 0 Å². The zero-order valence-electron chi connectivity index (χ0n) is 16.5. The highest BCUT2D eigenvalue weighted by atomic mass is 35.5. The maximum absolute atomic E-state index is 13.2. The molecular formula is C23H26Cl2N2O2. The molecule has 29 heavy (non-hydrogen) atoms. The van der Waals surface area contributed by atoms with Crippen molar-refractivity contribution in [2.75, 3.05) is 0 Å². The molecule has 0 heterocycles. The molecule has 0 spiro atoms. The Hall–Kier alpha value is -2.04. The van der Waals surface area contributed by atoms with Crippen LogP contribution in [0, 0.1) is 0 Å². The van der Waals surface area contributed by atoms with Gasteiger partial charge < -0.3 is 10.2 Å². The first kappa shape index (κ1) is 21.7. The molecule has 0 aromatic heterocycles. The number of carbonyl (C=O) groups is 2. The summed E-state index contributed by atoms with van der Waals surface area (Å²) < 4.78 is 0. The molecule has 0 bridgehead atoms. The summed E-state index contributed by atoms with van der Waals surface area (Å²) in [6.07, 6.45) is 4.50. The number of benzene rings is 2. The van der Waals surface area contributed by atoms with E-state index in [9.17, 15) is 9.59 Å². The van der Waals surface area contributed by atoms with Gasteiger partial charge in [-0.15, -0.1) is 0 Å². The van der Waals surface area contributed by atoms with Crippen LogP contribution < -0.4 is 5.32 Å². The van der Waals surface area contributed by atoms with Gasteiger partial charge in [-0.05, 0) is 43.0 Å². The number of hydrogen-bond donors (Lipinski definition) is 1. The predicted octanol–water partition coefficient (Wildman–Crippen LogP) is 5.01. The van der Waals surface area contributed by atoms with E-state index in [2.05, 4.69) is 5.32 Å². The molecular weight excluding hydrogens is 407 g/mol. The number of carbonyl (C=O) groups excluding carboxylic acids is 2.